The molecule has 1 atom stereocenters. The summed E-state index contributed by atoms with van der Waals surface area (Å²) < 4.78 is 0. The van der Waals surface area contributed by atoms with Crippen LogP contribution in [0.5, 0.6) is 5.75 Å². The Bertz CT molecular complexity index is 336. The number of para-hydroxylation sites is 1. The Balaban J connectivity index is 2.97. The third-order valence-corrected chi connectivity index (χ3v) is 2.35. The molecule has 0 radical (unpaired) electrons. The molecule has 0 aliphatic carbocycles. The number of phenols is 1. The van der Waals surface area contributed by atoms with Crippen molar-refractivity contribution in [1.82, 2.24) is 0 Å². The lowest BCUT2D eigenvalue weighted by Gasteiger charge is -2.14. The van der Waals surface area contributed by atoms with Crippen LogP contribution >= 0.6 is 0 Å². The van der Waals surface area contributed by atoms with Crippen LogP contribution in [0.4, 0.5) is 0 Å². The van der Waals surface area contributed by atoms with Crippen LogP contribution in [0.1, 0.15) is 23.6 Å². The molecule has 1 unspecified atom stereocenters. The first-order valence-electron chi connectivity index (χ1n) is 4.98. The summed E-state index contributed by atoms with van der Waals surface area (Å²) in [6.07, 6.45) is 2.80. The van der Waals surface area contributed by atoms with Gasteiger partial charge in [-0.15, -0.1) is 6.58 Å². The van der Waals surface area contributed by atoms with Crippen LogP contribution in [0, 0.1) is 0 Å². The van der Waals surface area contributed by atoms with E-state index in [-0.39, 0.29) is 18.4 Å². The van der Waals surface area contributed by atoms with Crippen molar-refractivity contribution in [1.29, 1.82) is 0 Å². The summed E-state index contributed by atoms with van der Waals surface area (Å²) in [7, 11) is 0. The van der Waals surface area contributed by atoms with Crippen molar-refractivity contribution in [3.8, 4) is 5.75 Å². The fourth-order valence-electron chi connectivity index (χ4n) is 1.53. The second kappa shape index (κ2) is 5.53. The minimum Gasteiger partial charge on any atom is -0.507 e. The lowest BCUT2D eigenvalue weighted by molar-refractivity contribution is 0.275. The molecule has 0 aromatic heterocycles. The van der Waals surface area contributed by atoms with Gasteiger partial charge in [-0.25, -0.2) is 0 Å². The topological polar surface area (TPSA) is 66.5 Å². The number of allylic oxidation sites excluding steroid dienone is 1. The highest BCUT2D eigenvalue weighted by molar-refractivity contribution is 5.42. The first-order valence-corrected chi connectivity index (χ1v) is 4.98. The van der Waals surface area contributed by atoms with Crippen LogP contribution in [0.15, 0.2) is 30.9 Å². The van der Waals surface area contributed by atoms with Crippen LogP contribution in [-0.4, -0.2) is 16.8 Å². The van der Waals surface area contributed by atoms with Crippen molar-refractivity contribution in [2.24, 2.45) is 5.73 Å². The van der Waals surface area contributed by atoms with E-state index in [9.17, 15) is 5.11 Å². The van der Waals surface area contributed by atoms with Crippen molar-refractivity contribution < 1.29 is 10.2 Å². The fraction of sp³-hybridized carbons (Fsp3) is 0.333. The number of hydrogen-bond donors (Lipinski definition) is 3. The van der Waals surface area contributed by atoms with Gasteiger partial charge in [0.25, 0.3) is 0 Å². The minimum atomic E-state index is -0.320. The molecule has 0 spiro atoms. The van der Waals surface area contributed by atoms with E-state index in [1.807, 2.05) is 12.1 Å². The molecule has 0 saturated heterocycles. The van der Waals surface area contributed by atoms with Crippen LogP contribution in [-0.2, 0) is 6.42 Å². The van der Waals surface area contributed by atoms with Crippen molar-refractivity contribution in [2.75, 3.05) is 6.61 Å². The first kappa shape index (κ1) is 11.8. The molecular formula is C12H17NO2. The van der Waals surface area contributed by atoms with Crippen molar-refractivity contribution in [3.63, 3.8) is 0 Å². The third-order valence-electron chi connectivity index (χ3n) is 2.35. The average molecular weight is 207 g/mol. The number of aliphatic hydroxyl groups is 1. The van der Waals surface area contributed by atoms with Crippen molar-refractivity contribution >= 4 is 0 Å². The van der Waals surface area contributed by atoms with Gasteiger partial charge < -0.3 is 15.9 Å². The maximum absolute atomic E-state index is 9.91. The molecule has 0 aliphatic heterocycles. The van der Waals surface area contributed by atoms with Gasteiger partial charge in [0.1, 0.15) is 5.75 Å². The van der Waals surface area contributed by atoms with E-state index in [0.29, 0.717) is 18.4 Å². The van der Waals surface area contributed by atoms with Gasteiger partial charge in [-0.2, -0.15) is 0 Å². The maximum Gasteiger partial charge on any atom is 0.123 e. The summed E-state index contributed by atoms with van der Waals surface area (Å²) in [6, 6.07) is 5.15. The number of phenolic OH excluding ortho intramolecular Hbond substituents is 1. The summed E-state index contributed by atoms with van der Waals surface area (Å²) in [5.74, 6) is 0.221. The molecule has 4 N–H and O–H groups in total. The summed E-state index contributed by atoms with van der Waals surface area (Å²) in [6.45, 7) is 3.65. The largest absolute Gasteiger partial charge is 0.507 e. The van der Waals surface area contributed by atoms with Gasteiger partial charge in [-0.3, -0.25) is 0 Å². The maximum atomic E-state index is 9.91. The SMILES string of the molecule is C=CCc1cccc(C(N)CCO)c1O. The highest BCUT2D eigenvalue weighted by Crippen LogP contribution is 2.28. The summed E-state index contributed by atoms with van der Waals surface area (Å²) >= 11 is 0. The van der Waals surface area contributed by atoms with Gasteiger partial charge in [0.05, 0.1) is 0 Å². The van der Waals surface area contributed by atoms with Crippen molar-refractivity contribution in [3.05, 3.63) is 42.0 Å². The molecule has 0 heterocycles. The summed E-state index contributed by atoms with van der Waals surface area (Å²) in [4.78, 5) is 0. The van der Waals surface area contributed by atoms with E-state index < -0.39 is 0 Å². The van der Waals surface area contributed by atoms with E-state index in [2.05, 4.69) is 6.58 Å². The number of nitrogens with two attached hydrogens (primary N) is 1. The van der Waals surface area contributed by atoms with Gasteiger partial charge in [-0.05, 0) is 18.4 Å². The molecule has 82 valence electrons. The zero-order valence-electron chi connectivity index (χ0n) is 8.69. The molecule has 0 saturated carbocycles. The predicted octanol–water partition coefficient (Wildman–Crippen LogP) is 1.50. The molecule has 0 amide bonds. The van der Waals surface area contributed by atoms with E-state index in [0.717, 1.165) is 5.56 Å². The Hall–Kier alpha value is -1.32. The molecule has 0 aliphatic rings. The van der Waals surface area contributed by atoms with Gasteiger partial charge in [0.2, 0.25) is 0 Å². The number of rotatable bonds is 5. The zero-order chi connectivity index (χ0) is 11.3. The Morgan fingerprint density at radius 3 is 2.80 bits per heavy atom. The van der Waals surface area contributed by atoms with E-state index in [4.69, 9.17) is 10.8 Å². The number of hydrogen-bond acceptors (Lipinski definition) is 3. The Kier molecular flexibility index (Phi) is 4.34. The van der Waals surface area contributed by atoms with Gasteiger partial charge in [0.15, 0.2) is 0 Å². The second-order valence-electron chi connectivity index (χ2n) is 3.47. The number of aromatic hydroxyl groups is 1. The van der Waals surface area contributed by atoms with Crippen LogP contribution in [0.2, 0.25) is 0 Å². The smallest absolute Gasteiger partial charge is 0.123 e. The lowest BCUT2D eigenvalue weighted by atomic mass is 9.99. The Morgan fingerprint density at radius 1 is 1.47 bits per heavy atom. The predicted molar refractivity (Wildman–Crippen MR) is 60.6 cm³/mol. The summed E-state index contributed by atoms with van der Waals surface area (Å²) in [5, 5.41) is 18.7. The monoisotopic (exact) mass is 207 g/mol. The van der Waals surface area contributed by atoms with Gasteiger partial charge in [0, 0.05) is 18.2 Å². The molecule has 0 fully saturated rings. The lowest BCUT2D eigenvalue weighted by Crippen LogP contribution is -2.12. The van der Waals surface area contributed by atoms with Gasteiger partial charge in [-0.1, -0.05) is 24.3 Å². The Morgan fingerprint density at radius 2 is 2.20 bits per heavy atom. The summed E-state index contributed by atoms with van der Waals surface area (Å²) in [5.41, 5.74) is 7.32. The second-order valence-corrected chi connectivity index (χ2v) is 3.47. The molecule has 15 heavy (non-hydrogen) atoms. The van der Waals surface area contributed by atoms with Crippen LogP contribution in [0.3, 0.4) is 0 Å². The molecule has 0 bridgehead atoms. The van der Waals surface area contributed by atoms with E-state index in [1.165, 1.54) is 0 Å². The third kappa shape index (κ3) is 2.81. The molecule has 1 rings (SSSR count). The zero-order valence-corrected chi connectivity index (χ0v) is 8.69. The fourth-order valence-corrected chi connectivity index (χ4v) is 1.53. The van der Waals surface area contributed by atoms with E-state index >= 15 is 0 Å². The quantitative estimate of drug-likeness (QED) is 0.641. The van der Waals surface area contributed by atoms with Crippen molar-refractivity contribution in [2.45, 2.75) is 18.9 Å². The standard InChI is InChI=1S/C12H17NO2/c1-2-4-9-5-3-6-10(12(9)15)11(13)7-8-14/h2-3,5-6,11,14-15H,1,4,7-8,13H2. The number of benzene rings is 1. The highest BCUT2D eigenvalue weighted by Gasteiger charge is 2.12. The van der Waals surface area contributed by atoms with Gasteiger partial charge >= 0.3 is 0 Å². The molecule has 3 nitrogen and oxygen atoms in total. The first-order chi connectivity index (χ1) is 7.20. The molecular weight excluding hydrogens is 190 g/mol. The molecule has 1 aromatic rings. The Labute approximate surface area is 89.9 Å². The molecule has 3 heteroatoms. The van der Waals surface area contributed by atoms with Crippen LogP contribution < -0.4 is 5.73 Å². The molecule has 1 aromatic carbocycles. The highest BCUT2D eigenvalue weighted by atomic mass is 16.3. The van der Waals surface area contributed by atoms with Crippen LogP contribution in [0.25, 0.3) is 0 Å². The minimum absolute atomic E-state index is 0.0201. The average Bonchev–Trinajstić information content (AvgIpc) is 2.22. The van der Waals surface area contributed by atoms with E-state index in [1.54, 1.807) is 12.1 Å². The normalized spacial score (nSPS) is 12.4. The number of aliphatic hydroxyl groups excluding tert-OH is 1.